The van der Waals surface area contributed by atoms with Crippen molar-refractivity contribution in [2.75, 3.05) is 12.4 Å². The van der Waals surface area contributed by atoms with E-state index in [0.29, 0.717) is 6.04 Å². The fraction of sp³-hybridized carbons (Fsp3) is 0.545. The molecule has 3 nitrogen and oxygen atoms in total. The first-order valence-electron chi connectivity index (χ1n) is 5.16. The van der Waals surface area contributed by atoms with Crippen molar-refractivity contribution in [1.82, 2.24) is 10.3 Å². The van der Waals surface area contributed by atoms with Gasteiger partial charge in [0, 0.05) is 35.7 Å². The van der Waals surface area contributed by atoms with E-state index in [2.05, 4.69) is 21.7 Å². The van der Waals surface area contributed by atoms with Crippen LogP contribution in [0.25, 0.3) is 0 Å². The molecule has 0 spiro atoms. The van der Waals surface area contributed by atoms with Crippen LogP contribution >= 0.6 is 0 Å². The van der Waals surface area contributed by atoms with Crippen molar-refractivity contribution in [3.63, 3.8) is 0 Å². The molecule has 1 aliphatic rings. The van der Waals surface area contributed by atoms with Crippen molar-refractivity contribution < 1.29 is 0 Å². The first-order valence-corrected chi connectivity index (χ1v) is 5.16. The summed E-state index contributed by atoms with van der Waals surface area (Å²) in [5.74, 6) is 0. The summed E-state index contributed by atoms with van der Waals surface area (Å²) in [6.45, 7) is 2.91. The molecule has 0 bridgehead atoms. The minimum absolute atomic E-state index is 0.701. The number of anilines is 1. The third-order valence-corrected chi connectivity index (χ3v) is 2.43. The van der Waals surface area contributed by atoms with Gasteiger partial charge < -0.3 is 10.6 Å². The second-order valence-corrected chi connectivity index (χ2v) is 3.93. The van der Waals surface area contributed by atoms with E-state index in [-0.39, 0.29) is 0 Å². The van der Waals surface area contributed by atoms with E-state index in [0.717, 1.165) is 12.2 Å². The Morgan fingerprint density at radius 3 is 2.93 bits per heavy atom. The van der Waals surface area contributed by atoms with Gasteiger partial charge in [-0.25, -0.2) is 0 Å². The van der Waals surface area contributed by atoms with Crippen LogP contribution in [0.2, 0.25) is 0 Å². The Morgan fingerprint density at radius 2 is 2.29 bits per heavy atom. The van der Waals surface area contributed by atoms with Crippen molar-refractivity contribution in [3.05, 3.63) is 23.5 Å². The summed E-state index contributed by atoms with van der Waals surface area (Å²) in [5, 5.41) is 6.69. The Kier molecular flexibility index (Phi) is 2.68. The highest BCUT2D eigenvalue weighted by atomic mass is 15.0. The number of hydrogen-bond donors (Lipinski definition) is 2. The second-order valence-electron chi connectivity index (χ2n) is 3.93. The maximum Gasteiger partial charge on any atom is 0.0421 e. The Hall–Kier alpha value is -1.09. The number of pyridine rings is 1. The molecule has 0 amide bonds. The van der Waals surface area contributed by atoms with Gasteiger partial charge in [0.1, 0.15) is 0 Å². The number of rotatable bonds is 4. The summed E-state index contributed by atoms with van der Waals surface area (Å²) in [4.78, 5) is 4.31. The Morgan fingerprint density at radius 1 is 1.50 bits per heavy atom. The number of nitrogens with one attached hydrogen (secondary N) is 2. The van der Waals surface area contributed by atoms with Gasteiger partial charge in [-0.2, -0.15) is 0 Å². The molecule has 14 heavy (non-hydrogen) atoms. The predicted octanol–water partition coefficient (Wildman–Crippen LogP) is 1.68. The molecule has 2 N–H and O–H groups in total. The van der Waals surface area contributed by atoms with E-state index < -0.39 is 0 Å². The van der Waals surface area contributed by atoms with Crippen LogP contribution in [0.3, 0.4) is 0 Å². The average Bonchev–Trinajstić information content (AvgIpc) is 2.94. The highest BCUT2D eigenvalue weighted by Gasteiger charge is 2.21. The molecule has 1 aromatic heterocycles. The summed E-state index contributed by atoms with van der Waals surface area (Å²) in [6, 6.07) is 2.83. The van der Waals surface area contributed by atoms with Crippen LogP contribution in [0.5, 0.6) is 0 Å². The molecule has 0 saturated heterocycles. The molecular weight excluding hydrogens is 174 g/mol. The van der Waals surface area contributed by atoms with Gasteiger partial charge in [0.05, 0.1) is 0 Å². The largest absolute Gasteiger partial charge is 0.382 e. The Labute approximate surface area is 84.9 Å². The van der Waals surface area contributed by atoms with E-state index in [9.17, 15) is 0 Å². The molecule has 1 saturated carbocycles. The van der Waals surface area contributed by atoms with Gasteiger partial charge in [0.15, 0.2) is 0 Å². The number of hydrogen-bond acceptors (Lipinski definition) is 3. The molecule has 0 radical (unpaired) electrons. The summed E-state index contributed by atoms with van der Waals surface area (Å²) in [7, 11) is 1.96. The van der Waals surface area contributed by atoms with E-state index >= 15 is 0 Å². The van der Waals surface area contributed by atoms with Gasteiger partial charge in [-0.15, -0.1) is 0 Å². The lowest BCUT2D eigenvalue weighted by molar-refractivity contribution is 0.811. The first-order chi connectivity index (χ1) is 6.79. The lowest BCUT2D eigenvalue weighted by atomic mass is 10.2. The quantitative estimate of drug-likeness (QED) is 0.760. The highest BCUT2D eigenvalue weighted by molar-refractivity contribution is 5.52. The SMILES string of the molecule is CNCc1cnc(C)cc1NC1CC1. The van der Waals surface area contributed by atoms with E-state index in [1.54, 1.807) is 0 Å². The molecule has 1 aromatic rings. The molecule has 3 heteroatoms. The van der Waals surface area contributed by atoms with Gasteiger partial charge in [-0.3, -0.25) is 4.98 Å². The molecule has 0 unspecified atom stereocenters. The van der Waals surface area contributed by atoms with Crippen LogP contribution in [0, 0.1) is 6.92 Å². The molecule has 1 heterocycles. The second kappa shape index (κ2) is 3.96. The molecule has 1 aliphatic carbocycles. The van der Waals surface area contributed by atoms with Gasteiger partial charge >= 0.3 is 0 Å². The third kappa shape index (κ3) is 2.23. The number of nitrogens with zero attached hydrogens (tertiary/aromatic N) is 1. The predicted molar refractivity (Wildman–Crippen MR) is 58.4 cm³/mol. The minimum Gasteiger partial charge on any atom is -0.382 e. The van der Waals surface area contributed by atoms with Crippen LogP contribution in [-0.4, -0.2) is 18.1 Å². The molecule has 76 valence electrons. The Balaban J connectivity index is 2.17. The monoisotopic (exact) mass is 191 g/mol. The fourth-order valence-electron chi connectivity index (χ4n) is 1.50. The lowest BCUT2D eigenvalue weighted by Gasteiger charge is -2.11. The zero-order valence-corrected chi connectivity index (χ0v) is 8.80. The zero-order chi connectivity index (χ0) is 9.97. The standard InChI is InChI=1S/C11H17N3/c1-8-5-11(14-10-3-4-10)9(6-12-2)7-13-8/h5,7,10,12H,3-4,6H2,1-2H3,(H,13,14). The molecule has 0 aliphatic heterocycles. The topological polar surface area (TPSA) is 37.0 Å². The summed E-state index contributed by atoms with van der Waals surface area (Å²) < 4.78 is 0. The van der Waals surface area contributed by atoms with E-state index in [1.165, 1.54) is 24.1 Å². The summed E-state index contributed by atoms with van der Waals surface area (Å²) in [5.41, 5.74) is 3.58. The summed E-state index contributed by atoms with van der Waals surface area (Å²) >= 11 is 0. The van der Waals surface area contributed by atoms with Crippen molar-refractivity contribution in [3.8, 4) is 0 Å². The van der Waals surface area contributed by atoms with Gasteiger partial charge in [0.2, 0.25) is 0 Å². The summed E-state index contributed by atoms with van der Waals surface area (Å²) in [6.07, 6.45) is 4.57. The lowest BCUT2D eigenvalue weighted by Crippen LogP contribution is -2.11. The molecule has 0 aromatic carbocycles. The van der Waals surface area contributed by atoms with Crippen molar-refractivity contribution in [1.29, 1.82) is 0 Å². The fourth-order valence-corrected chi connectivity index (χ4v) is 1.50. The molecular formula is C11H17N3. The average molecular weight is 191 g/mol. The normalized spacial score (nSPS) is 15.6. The van der Waals surface area contributed by atoms with E-state index in [1.807, 2.05) is 20.2 Å². The number of aryl methyl sites for hydroxylation is 1. The van der Waals surface area contributed by atoms with Crippen LogP contribution in [0.1, 0.15) is 24.1 Å². The minimum atomic E-state index is 0.701. The van der Waals surface area contributed by atoms with Crippen LogP contribution in [0.15, 0.2) is 12.3 Å². The van der Waals surface area contributed by atoms with Gasteiger partial charge in [0.25, 0.3) is 0 Å². The smallest absolute Gasteiger partial charge is 0.0421 e. The van der Waals surface area contributed by atoms with Crippen LogP contribution < -0.4 is 10.6 Å². The maximum absolute atomic E-state index is 4.31. The number of aromatic nitrogens is 1. The third-order valence-electron chi connectivity index (χ3n) is 2.43. The Bertz CT molecular complexity index is 318. The van der Waals surface area contributed by atoms with Gasteiger partial charge in [-0.05, 0) is 32.9 Å². The highest BCUT2D eigenvalue weighted by Crippen LogP contribution is 2.26. The first kappa shape index (κ1) is 9.46. The van der Waals surface area contributed by atoms with Crippen LogP contribution in [-0.2, 0) is 6.54 Å². The van der Waals surface area contributed by atoms with Gasteiger partial charge in [-0.1, -0.05) is 0 Å². The maximum atomic E-state index is 4.31. The van der Waals surface area contributed by atoms with Crippen molar-refractivity contribution >= 4 is 5.69 Å². The molecule has 1 fully saturated rings. The molecule has 2 rings (SSSR count). The van der Waals surface area contributed by atoms with E-state index in [4.69, 9.17) is 0 Å². The molecule has 0 atom stereocenters. The van der Waals surface area contributed by atoms with Crippen LogP contribution in [0.4, 0.5) is 5.69 Å². The van der Waals surface area contributed by atoms with Crippen molar-refractivity contribution in [2.24, 2.45) is 0 Å². The van der Waals surface area contributed by atoms with Crippen molar-refractivity contribution in [2.45, 2.75) is 32.4 Å². The zero-order valence-electron chi connectivity index (χ0n) is 8.80.